The highest BCUT2D eigenvalue weighted by atomic mass is 19.3. The Morgan fingerprint density at radius 2 is 1.85 bits per heavy atom. The van der Waals surface area contributed by atoms with E-state index in [1.807, 2.05) is 36.4 Å². The van der Waals surface area contributed by atoms with Crippen LogP contribution >= 0.6 is 0 Å². The van der Waals surface area contributed by atoms with Crippen LogP contribution < -0.4 is 5.32 Å². The van der Waals surface area contributed by atoms with Crippen molar-refractivity contribution in [3.05, 3.63) is 65.5 Å². The predicted molar refractivity (Wildman–Crippen MR) is 121 cm³/mol. The van der Waals surface area contributed by atoms with E-state index >= 15 is 0 Å². The maximum atomic E-state index is 14.4. The zero-order chi connectivity index (χ0) is 24.2. The molecule has 2 aromatic rings. The summed E-state index contributed by atoms with van der Waals surface area (Å²) in [7, 11) is 0. The number of aromatic nitrogens is 1. The number of hydrogen-bond donors (Lipinski definition) is 1. The van der Waals surface area contributed by atoms with Crippen LogP contribution in [0.5, 0.6) is 0 Å². The molecule has 3 heterocycles. The number of pyridine rings is 1. The normalized spacial score (nSPS) is 22.2. The number of likely N-dealkylation sites (tertiary alicyclic amines) is 2. The number of piperidine rings is 1. The van der Waals surface area contributed by atoms with Crippen LogP contribution in [0.1, 0.15) is 47.2 Å². The van der Waals surface area contributed by atoms with Gasteiger partial charge in [-0.3, -0.25) is 19.5 Å². The van der Waals surface area contributed by atoms with Crippen LogP contribution in [-0.2, 0) is 11.2 Å². The Morgan fingerprint density at radius 1 is 1.12 bits per heavy atom. The third-order valence-corrected chi connectivity index (χ3v) is 6.49. The minimum absolute atomic E-state index is 0.362. The van der Waals surface area contributed by atoms with Gasteiger partial charge in [0.1, 0.15) is 6.07 Å². The average molecular weight is 468 g/mol. The van der Waals surface area contributed by atoms with Crippen molar-refractivity contribution in [2.45, 2.75) is 43.7 Å². The van der Waals surface area contributed by atoms with E-state index in [-0.39, 0.29) is 0 Å². The summed E-state index contributed by atoms with van der Waals surface area (Å²) in [6, 6.07) is 13.2. The number of carbonyl (C=O) groups excluding carboxylic acids is 2. The molecule has 1 aromatic carbocycles. The minimum Gasteiger partial charge on any atom is -0.343 e. The topological polar surface area (TPSA) is 89.3 Å². The number of nitrogens with one attached hydrogen (secondary N) is 1. The third-order valence-electron chi connectivity index (χ3n) is 6.49. The highest BCUT2D eigenvalue weighted by molar-refractivity contribution is 5.97. The van der Waals surface area contributed by atoms with E-state index in [4.69, 9.17) is 0 Å². The highest BCUT2D eigenvalue weighted by Crippen LogP contribution is 2.42. The molecule has 9 heteroatoms. The quantitative estimate of drug-likeness (QED) is 0.706. The third kappa shape index (κ3) is 4.92. The Balaban J connectivity index is 1.48. The molecule has 178 valence electrons. The summed E-state index contributed by atoms with van der Waals surface area (Å²) in [5.41, 5.74) is 0.355. The van der Waals surface area contributed by atoms with Gasteiger partial charge in [0.2, 0.25) is 5.91 Å². The van der Waals surface area contributed by atoms with Crippen molar-refractivity contribution in [3.63, 3.8) is 0 Å². The standard InChI is InChI=1S/C25H27F2N5O2/c26-24(27)16-25(17-28,31-11-5-2-6-12-31)32(18-24)22(33)15-30-23(34)21-9-10-29-14-20(21)13-19-7-3-1-4-8-19/h1,3-4,7-10,14H,2,5-6,11-13,15-16,18H2,(H,30,34). The number of benzene rings is 1. The van der Waals surface area contributed by atoms with Crippen LogP contribution in [-0.4, -0.2) is 64.4 Å². The molecule has 1 unspecified atom stereocenters. The largest absolute Gasteiger partial charge is 0.343 e. The van der Waals surface area contributed by atoms with Crippen LogP contribution in [0, 0.1) is 11.3 Å². The van der Waals surface area contributed by atoms with Gasteiger partial charge in [-0.1, -0.05) is 36.8 Å². The fourth-order valence-corrected chi connectivity index (χ4v) is 4.84. The Labute approximate surface area is 197 Å². The second-order valence-electron chi connectivity index (χ2n) is 8.87. The van der Waals surface area contributed by atoms with Gasteiger partial charge in [0.05, 0.1) is 19.5 Å². The summed E-state index contributed by atoms with van der Waals surface area (Å²) >= 11 is 0. The van der Waals surface area contributed by atoms with Crippen LogP contribution in [0.3, 0.4) is 0 Å². The molecule has 2 aliphatic heterocycles. The maximum Gasteiger partial charge on any atom is 0.270 e. The van der Waals surface area contributed by atoms with Gasteiger partial charge in [-0.25, -0.2) is 8.78 Å². The van der Waals surface area contributed by atoms with Crippen molar-refractivity contribution < 1.29 is 18.4 Å². The monoisotopic (exact) mass is 467 g/mol. The highest BCUT2D eigenvalue weighted by Gasteiger charge is 2.60. The summed E-state index contributed by atoms with van der Waals surface area (Å²) in [6.45, 7) is -0.334. The lowest BCUT2D eigenvalue weighted by Crippen LogP contribution is -2.60. The Bertz CT molecular complexity index is 1080. The molecule has 0 spiro atoms. The number of carbonyl (C=O) groups is 2. The Morgan fingerprint density at radius 3 is 2.56 bits per heavy atom. The number of amides is 2. The summed E-state index contributed by atoms with van der Waals surface area (Å²) in [5.74, 6) is -4.36. The van der Waals surface area contributed by atoms with Gasteiger partial charge in [0.15, 0.2) is 5.66 Å². The number of nitriles is 1. The molecule has 0 saturated carbocycles. The summed E-state index contributed by atoms with van der Waals surface area (Å²) in [5, 5.41) is 12.5. The first kappa shape index (κ1) is 23.8. The van der Waals surface area contributed by atoms with Crippen molar-refractivity contribution >= 4 is 11.8 Å². The lowest BCUT2D eigenvalue weighted by molar-refractivity contribution is -0.139. The number of hydrogen-bond acceptors (Lipinski definition) is 5. The van der Waals surface area contributed by atoms with E-state index < -0.39 is 42.9 Å². The predicted octanol–water partition coefficient (Wildman–Crippen LogP) is 2.98. The molecule has 1 aromatic heterocycles. The molecule has 0 bridgehead atoms. The Kier molecular flexibility index (Phi) is 6.89. The van der Waals surface area contributed by atoms with Crippen LogP contribution in [0.15, 0.2) is 48.8 Å². The minimum atomic E-state index is -3.17. The average Bonchev–Trinajstić information content (AvgIpc) is 3.15. The lowest BCUT2D eigenvalue weighted by Gasteiger charge is -2.43. The molecule has 7 nitrogen and oxygen atoms in total. The zero-order valence-electron chi connectivity index (χ0n) is 18.8. The van der Waals surface area contributed by atoms with Gasteiger partial charge < -0.3 is 10.2 Å². The van der Waals surface area contributed by atoms with E-state index in [1.54, 1.807) is 17.2 Å². The van der Waals surface area contributed by atoms with Gasteiger partial charge in [0.25, 0.3) is 11.8 Å². The van der Waals surface area contributed by atoms with Gasteiger partial charge in [-0.2, -0.15) is 5.26 Å². The second-order valence-corrected chi connectivity index (χ2v) is 8.87. The molecule has 0 aliphatic carbocycles. The first-order valence-electron chi connectivity index (χ1n) is 11.4. The number of rotatable bonds is 6. The Hall–Kier alpha value is -3.38. The van der Waals surface area contributed by atoms with Gasteiger partial charge in [0, 0.05) is 31.0 Å². The molecule has 34 heavy (non-hydrogen) atoms. The fraction of sp³-hybridized carbons (Fsp3) is 0.440. The summed E-state index contributed by atoms with van der Waals surface area (Å²) < 4.78 is 28.9. The van der Waals surface area contributed by atoms with E-state index in [1.165, 1.54) is 6.20 Å². The number of alkyl halides is 2. The molecule has 1 atom stereocenters. The molecular weight excluding hydrogens is 440 g/mol. The molecule has 2 aliphatic rings. The van der Waals surface area contributed by atoms with Crippen molar-refractivity contribution in [2.75, 3.05) is 26.2 Å². The van der Waals surface area contributed by atoms with Crippen molar-refractivity contribution in [1.29, 1.82) is 5.26 Å². The van der Waals surface area contributed by atoms with E-state index in [9.17, 15) is 23.6 Å². The molecule has 2 amide bonds. The van der Waals surface area contributed by atoms with E-state index in [0.29, 0.717) is 30.6 Å². The molecule has 2 fully saturated rings. The van der Waals surface area contributed by atoms with Crippen molar-refractivity contribution in [2.24, 2.45) is 0 Å². The molecule has 0 radical (unpaired) electrons. The summed E-state index contributed by atoms with van der Waals surface area (Å²) in [6.07, 6.45) is 5.40. The van der Waals surface area contributed by atoms with E-state index in [2.05, 4.69) is 10.3 Å². The van der Waals surface area contributed by atoms with Crippen molar-refractivity contribution in [1.82, 2.24) is 20.1 Å². The SMILES string of the molecule is N#CC1(N2CCCCC2)CC(F)(F)CN1C(=O)CNC(=O)c1ccncc1Cc1ccccc1. The van der Waals surface area contributed by atoms with E-state index in [0.717, 1.165) is 29.7 Å². The second kappa shape index (κ2) is 9.85. The van der Waals surface area contributed by atoms with Crippen LogP contribution in [0.2, 0.25) is 0 Å². The van der Waals surface area contributed by atoms with Gasteiger partial charge >= 0.3 is 0 Å². The van der Waals surface area contributed by atoms with Gasteiger partial charge in [-0.05, 0) is 36.5 Å². The molecular formula is C25H27F2N5O2. The number of halogens is 2. The van der Waals surface area contributed by atoms with Crippen LogP contribution in [0.25, 0.3) is 0 Å². The molecule has 2 saturated heterocycles. The van der Waals surface area contributed by atoms with Crippen LogP contribution in [0.4, 0.5) is 8.78 Å². The van der Waals surface area contributed by atoms with Gasteiger partial charge in [-0.15, -0.1) is 0 Å². The lowest BCUT2D eigenvalue weighted by atomic mass is 10.0. The summed E-state index contributed by atoms with van der Waals surface area (Å²) in [4.78, 5) is 32.7. The smallest absolute Gasteiger partial charge is 0.270 e. The fourth-order valence-electron chi connectivity index (χ4n) is 4.84. The molecule has 1 N–H and O–H groups in total. The first-order chi connectivity index (χ1) is 16.3. The first-order valence-corrected chi connectivity index (χ1v) is 11.4. The maximum absolute atomic E-state index is 14.4. The number of nitrogens with zero attached hydrogens (tertiary/aromatic N) is 4. The zero-order valence-corrected chi connectivity index (χ0v) is 18.8. The molecule has 4 rings (SSSR count). The van der Waals surface area contributed by atoms with Crippen molar-refractivity contribution in [3.8, 4) is 6.07 Å².